The summed E-state index contributed by atoms with van der Waals surface area (Å²) in [4.78, 5) is 21.9. The van der Waals surface area contributed by atoms with E-state index in [0.29, 0.717) is 5.52 Å². The Morgan fingerprint density at radius 3 is 3.15 bits per heavy atom. The minimum Gasteiger partial charge on any atom is -0.344 e. The number of hydrogen-bond acceptors (Lipinski definition) is 4. The number of amides is 1. The number of aromatic amines is 1. The minimum absolute atomic E-state index is 0.223. The highest BCUT2D eigenvalue weighted by Crippen LogP contribution is 2.10. The van der Waals surface area contributed by atoms with Crippen LogP contribution in [0.3, 0.4) is 0 Å². The minimum atomic E-state index is -0.447. The van der Waals surface area contributed by atoms with Crippen molar-refractivity contribution in [2.75, 3.05) is 0 Å². The second-order valence-electron chi connectivity index (χ2n) is 2.43. The molecule has 0 spiro atoms. The fraction of sp³-hybridized carbons (Fsp3) is 0. The largest absolute Gasteiger partial charge is 0.344 e. The molecule has 2 aromatic heterocycles. The highest BCUT2D eigenvalue weighted by Gasteiger charge is 2.11. The number of carbonyl (C=O) groups is 1. The summed E-state index contributed by atoms with van der Waals surface area (Å²) < 4.78 is 0. The molecule has 0 fully saturated rings. The summed E-state index contributed by atoms with van der Waals surface area (Å²) in [7, 11) is 0. The summed E-state index contributed by atoms with van der Waals surface area (Å²) >= 11 is 0. The van der Waals surface area contributed by atoms with Gasteiger partial charge in [0, 0.05) is 6.20 Å². The number of H-pyrrole nitrogens is 1. The van der Waals surface area contributed by atoms with Gasteiger partial charge in [0.2, 0.25) is 0 Å². The molecule has 0 bridgehead atoms. The molecule has 0 aliphatic rings. The van der Waals surface area contributed by atoms with Gasteiger partial charge in [0.05, 0.1) is 11.8 Å². The number of rotatable bonds is 1. The molecule has 0 aromatic carbocycles. The van der Waals surface area contributed by atoms with E-state index in [1.54, 1.807) is 6.07 Å². The van der Waals surface area contributed by atoms with Gasteiger partial charge in [-0.2, -0.15) is 0 Å². The maximum Gasteiger partial charge on any atom is 0.286 e. The van der Waals surface area contributed by atoms with Crippen LogP contribution in [0.2, 0.25) is 0 Å². The van der Waals surface area contributed by atoms with Gasteiger partial charge in [0.15, 0.2) is 5.69 Å². The van der Waals surface area contributed by atoms with Crippen LogP contribution in [0.25, 0.3) is 11.0 Å². The number of aromatic nitrogens is 3. The Balaban J connectivity index is 2.67. The van der Waals surface area contributed by atoms with Gasteiger partial charge in [-0.1, -0.05) is 0 Å². The van der Waals surface area contributed by atoms with Crippen molar-refractivity contribution in [2.45, 2.75) is 0 Å². The molecule has 66 valence electrons. The zero-order valence-electron chi connectivity index (χ0n) is 6.61. The van der Waals surface area contributed by atoms with Crippen LogP contribution in [0.15, 0.2) is 18.6 Å². The first-order chi connectivity index (χ1) is 6.33. The fourth-order valence-electron chi connectivity index (χ4n) is 1.10. The van der Waals surface area contributed by atoms with E-state index in [4.69, 9.17) is 5.84 Å². The molecule has 6 heteroatoms. The fourth-order valence-corrected chi connectivity index (χ4v) is 1.10. The molecule has 0 atom stereocenters. The Kier molecular flexibility index (Phi) is 1.67. The molecule has 2 aromatic rings. The van der Waals surface area contributed by atoms with Gasteiger partial charge < -0.3 is 4.98 Å². The van der Waals surface area contributed by atoms with Crippen LogP contribution in [0.1, 0.15) is 10.5 Å². The van der Waals surface area contributed by atoms with Crippen molar-refractivity contribution < 1.29 is 4.79 Å². The van der Waals surface area contributed by atoms with Crippen LogP contribution >= 0.6 is 0 Å². The number of nitrogens with zero attached hydrogens (tertiary/aromatic N) is 2. The van der Waals surface area contributed by atoms with Gasteiger partial charge in [-0.25, -0.2) is 15.8 Å². The molecule has 0 aliphatic heterocycles. The van der Waals surface area contributed by atoms with E-state index in [1.807, 2.05) is 5.43 Å². The topological polar surface area (TPSA) is 96.7 Å². The molecule has 0 aliphatic carbocycles. The SMILES string of the molecule is NNC(=O)c1nccc2[nH]cnc12. The third kappa shape index (κ3) is 1.13. The predicted molar refractivity (Wildman–Crippen MR) is 45.5 cm³/mol. The number of imidazole rings is 1. The van der Waals surface area contributed by atoms with Crippen LogP contribution in [0.5, 0.6) is 0 Å². The zero-order valence-corrected chi connectivity index (χ0v) is 6.61. The summed E-state index contributed by atoms with van der Waals surface area (Å²) in [5, 5.41) is 0. The van der Waals surface area contributed by atoms with Gasteiger partial charge in [0.25, 0.3) is 5.91 Å². The van der Waals surface area contributed by atoms with E-state index in [2.05, 4.69) is 15.0 Å². The van der Waals surface area contributed by atoms with Crippen molar-refractivity contribution in [1.82, 2.24) is 20.4 Å². The molecule has 13 heavy (non-hydrogen) atoms. The lowest BCUT2D eigenvalue weighted by Crippen LogP contribution is -2.30. The van der Waals surface area contributed by atoms with Crippen LogP contribution in [-0.2, 0) is 0 Å². The molecule has 6 nitrogen and oxygen atoms in total. The lowest BCUT2D eigenvalue weighted by atomic mass is 10.3. The molecule has 1 amide bonds. The predicted octanol–water partition coefficient (Wildman–Crippen LogP) is -0.439. The Morgan fingerprint density at radius 2 is 2.38 bits per heavy atom. The molecular weight excluding hydrogens is 170 g/mol. The number of nitrogens with one attached hydrogen (secondary N) is 2. The smallest absolute Gasteiger partial charge is 0.286 e. The first-order valence-corrected chi connectivity index (χ1v) is 3.62. The van der Waals surface area contributed by atoms with Gasteiger partial charge in [-0.3, -0.25) is 10.2 Å². The molecule has 0 saturated carbocycles. The first-order valence-electron chi connectivity index (χ1n) is 3.62. The molecule has 4 N–H and O–H groups in total. The Hall–Kier alpha value is -1.95. The third-order valence-electron chi connectivity index (χ3n) is 1.68. The van der Waals surface area contributed by atoms with Gasteiger partial charge in [-0.15, -0.1) is 0 Å². The van der Waals surface area contributed by atoms with E-state index in [1.165, 1.54) is 12.5 Å². The van der Waals surface area contributed by atoms with Crippen molar-refractivity contribution in [1.29, 1.82) is 0 Å². The zero-order chi connectivity index (χ0) is 9.26. The van der Waals surface area contributed by atoms with Gasteiger partial charge in [-0.05, 0) is 6.07 Å². The van der Waals surface area contributed by atoms with Crippen molar-refractivity contribution in [3.63, 3.8) is 0 Å². The Bertz CT molecular complexity index is 449. The normalized spacial score (nSPS) is 10.2. The number of nitrogens with two attached hydrogens (primary N) is 1. The number of carbonyl (C=O) groups excluding carboxylic acids is 1. The Labute approximate surface area is 73.1 Å². The van der Waals surface area contributed by atoms with Crippen LogP contribution in [0, 0.1) is 0 Å². The molecule has 0 radical (unpaired) electrons. The summed E-state index contributed by atoms with van der Waals surface area (Å²) in [5.41, 5.74) is 3.51. The lowest BCUT2D eigenvalue weighted by Gasteiger charge is -1.97. The van der Waals surface area contributed by atoms with E-state index < -0.39 is 5.91 Å². The average molecular weight is 177 g/mol. The standard InChI is InChI=1S/C7H7N5O/c8-12-7(13)6-5-4(1-2-9-6)10-3-11-5/h1-3H,8H2,(H,10,11)(H,12,13). The summed E-state index contributed by atoms with van der Waals surface area (Å²) in [6.45, 7) is 0. The highest BCUT2D eigenvalue weighted by atomic mass is 16.2. The van der Waals surface area contributed by atoms with Crippen molar-refractivity contribution in [3.8, 4) is 0 Å². The third-order valence-corrected chi connectivity index (χ3v) is 1.68. The van der Waals surface area contributed by atoms with E-state index >= 15 is 0 Å². The monoisotopic (exact) mass is 177 g/mol. The maximum absolute atomic E-state index is 11.2. The quantitative estimate of drug-likeness (QED) is 0.312. The summed E-state index contributed by atoms with van der Waals surface area (Å²) in [6.07, 6.45) is 3.02. The van der Waals surface area contributed by atoms with Crippen LogP contribution in [0.4, 0.5) is 0 Å². The number of fused-ring (bicyclic) bond motifs is 1. The van der Waals surface area contributed by atoms with E-state index in [0.717, 1.165) is 5.52 Å². The Morgan fingerprint density at radius 1 is 1.54 bits per heavy atom. The summed E-state index contributed by atoms with van der Waals surface area (Å²) in [5.74, 6) is 4.54. The average Bonchev–Trinajstić information content (AvgIpc) is 2.63. The molecule has 0 saturated heterocycles. The second-order valence-corrected chi connectivity index (χ2v) is 2.43. The second kappa shape index (κ2) is 2.83. The molecule has 0 unspecified atom stereocenters. The number of pyridine rings is 1. The number of nitrogen functional groups attached to an aromatic ring is 1. The van der Waals surface area contributed by atoms with Crippen LogP contribution < -0.4 is 11.3 Å². The maximum atomic E-state index is 11.2. The van der Waals surface area contributed by atoms with Crippen LogP contribution in [-0.4, -0.2) is 20.9 Å². The van der Waals surface area contributed by atoms with Gasteiger partial charge >= 0.3 is 0 Å². The molecule has 2 heterocycles. The number of hydrazine groups is 1. The summed E-state index contributed by atoms with van der Waals surface area (Å²) in [6, 6.07) is 1.73. The van der Waals surface area contributed by atoms with Crippen molar-refractivity contribution >= 4 is 16.9 Å². The van der Waals surface area contributed by atoms with Crippen molar-refractivity contribution in [3.05, 3.63) is 24.3 Å². The first kappa shape index (κ1) is 7.69. The molecular formula is C7H7N5O. The van der Waals surface area contributed by atoms with E-state index in [-0.39, 0.29) is 5.69 Å². The number of hydrogen-bond donors (Lipinski definition) is 3. The lowest BCUT2D eigenvalue weighted by molar-refractivity contribution is 0.0950. The molecule has 2 rings (SSSR count). The van der Waals surface area contributed by atoms with Crippen molar-refractivity contribution in [2.24, 2.45) is 5.84 Å². The van der Waals surface area contributed by atoms with E-state index in [9.17, 15) is 4.79 Å². The van der Waals surface area contributed by atoms with Gasteiger partial charge in [0.1, 0.15) is 5.52 Å². The highest BCUT2D eigenvalue weighted by molar-refractivity contribution is 6.02.